The molecule has 0 saturated carbocycles. The topological polar surface area (TPSA) is 77.0 Å². The average molecular weight is 291 g/mol. The fourth-order valence-corrected chi connectivity index (χ4v) is 1.40. The molecule has 0 atom stereocenters. The van der Waals surface area contributed by atoms with E-state index in [0.29, 0.717) is 33.0 Å². The van der Waals surface area contributed by atoms with Crippen LogP contribution in [0.4, 0.5) is 4.79 Å². The van der Waals surface area contributed by atoms with Crippen molar-refractivity contribution in [2.45, 2.75) is 45.6 Å². The largest absolute Gasteiger partial charge is 0.444 e. The van der Waals surface area contributed by atoms with Gasteiger partial charge in [0.25, 0.3) is 0 Å². The summed E-state index contributed by atoms with van der Waals surface area (Å²) >= 11 is 0. The summed E-state index contributed by atoms with van der Waals surface area (Å²) in [5.41, 5.74) is -0.448. The summed E-state index contributed by atoms with van der Waals surface area (Å²) in [6, 6.07) is 0. The summed E-state index contributed by atoms with van der Waals surface area (Å²) in [6.45, 7) is 8.31. The van der Waals surface area contributed by atoms with Gasteiger partial charge in [-0.15, -0.1) is 0 Å². The number of nitrogens with one attached hydrogen (secondary N) is 1. The van der Waals surface area contributed by atoms with Crippen molar-refractivity contribution in [2.75, 3.05) is 39.6 Å². The van der Waals surface area contributed by atoms with E-state index in [1.54, 1.807) is 0 Å². The highest BCUT2D eigenvalue weighted by atomic mass is 16.6. The first-order valence-corrected chi connectivity index (χ1v) is 7.19. The molecule has 2 N–H and O–H groups in total. The van der Waals surface area contributed by atoms with E-state index in [4.69, 9.17) is 19.3 Å². The van der Waals surface area contributed by atoms with Crippen LogP contribution in [-0.2, 0) is 14.2 Å². The number of unbranched alkanes of at least 4 members (excludes halogenated alkanes) is 2. The maximum Gasteiger partial charge on any atom is 0.407 e. The van der Waals surface area contributed by atoms with Crippen LogP contribution in [0.5, 0.6) is 0 Å². The molecule has 6 heteroatoms. The number of ether oxygens (including phenoxy) is 3. The van der Waals surface area contributed by atoms with Gasteiger partial charge in [-0.25, -0.2) is 4.79 Å². The van der Waals surface area contributed by atoms with Gasteiger partial charge in [-0.1, -0.05) is 0 Å². The number of hydrogen-bond donors (Lipinski definition) is 2. The van der Waals surface area contributed by atoms with Crippen LogP contribution < -0.4 is 5.32 Å². The van der Waals surface area contributed by atoms with Gasteiger partial charge in [0.2, 0.25) is 0 Å². The van der Waals surface area contributed by atoms with Crippen LogP contribution in [0.25, 0.3) is 0 Å². The Bertz CT molecular complexity index is 240. The van der Waals surface area contributed by atoms with Gasteiger partial charge >= 0.3 is 6.09 Å². The van der Waals surface area contributed by atoms with E-state index in [0.717, 1.165) is 19.3 Å². The van der Waals surface area contributed by atoms with Gasteiger partial charge in [0, 0.05) is 13.2 Å². The molecule has 20 heavy (non-hydrogen) atoms. The van der Waals surface area contributed by atoms with E-state index in [1.807, 2.05) is 20.8 Å². The van der Waals surface area contributed by atoms with Crippen molar-refractivity contribution >= 4 is 6.09 Å². The number of amides is 1. The quantitative estimate of drug-likeness (QED) is 0.567. The Balaban J connectivity index is 3.19. The number of rotatable bonds is 11. The average Bonchev–Trinajstić information content (AvgIpc) is 2.34. The standard InChI is InChI=1S/C14H29NO5/c1-14(2,3)20-13(17)15-7-5-4-6-9-18-11-12-19-10-8-16/h16H,4-12H2,1-3H3,(H,15,17). The van der Waals surface area contributed by atoms with Crippen LogP contribution in [-0.4, -0.2) is 56.4 Å². The second-order valence-corrected chi connectivity index (χ2v) is 5.44. The molecule has 120 valence electrons. The Labute approximate surface area is 121 Å². The zero-order valence-electron chi connectivity index (χ0n) is 12.9. The number of carbonyl (C=O) groups is 1. The summed E-state index contributed by atoms with van der Waals surface area (Å²) in [5, 5.41) is 11.2. The van der Waals surface area contributed by atoms with Gasteiger partial charge < -0.3 is 24.6 Å². The number of aliphatic hydroxyl groups excluding tert-OH is 1. The Morgan fingerprint density at radius 3 is 2.25 bits per heavy atom. The molecule has 0 rings (SSSR count). The molecule has 0 unspecified atom stereocenters. The predicted octanol–water partition coefficient (Wildman–Crippen LogP) is 1.71. The van der Waals surface area contributed by atoms with Crippen LogP contribution in [0.15, 0.2) is 0 Å². The summed E-state index contributed by atoms with van der Waals surface area (Å²) < 4.78 is 15.5. The van der Waals surface area contributed by atoms with Gasteiger partial charge in [0.15, 0.2) is 0 Å². The maximum absolute atomic E-state index is 11.3. The van der Waals surface area contributed by atoms with Crippen molar-refractivity contribution < 1.29 is 24.1 Å². The van der Waals surface area contributed by atoms with Gasteiger partial charge in [-0.3, -0.25) is 0 Å². The first-order chi connectivity index (χ1) is 9.45. The Hall–Kier alpha value is -0.850. The zero-order chi connectivity index (χ0) is 15.3. The van der Waals surface area contributed by atoms with E-state index in [9.17, 15) is 4.79 Å². The predicted molar refractivity (Wildman–Crippen MR) is 76.8 cm³/mol. The van der Waals surface area contributed by atoms with Crippen LogP contribution in [0.1, 0.15) is 40.0 Å². The van der Waals surface area contributed by atoms with Crippen LogP contribution >= 0.6 is 0 Å². The third-order valence-corrected chi connectivity index (χ3v) is 2.24. The molecule has 0 saturated heterocycles. The molecular formula is C14H29NO5. The fourth-order valence-electron chi connectivity index (χ4n) is 1.40. The van der Waals surface area contributed by atoms with Crippen molar-refractivity contribution in [1.29, 1.82) is 0 Å². The minimum Gasteiger partial charge on any atom is -0.444 e. The number of carbonyl (C=O) groups excluding carboxylic acids is 1. The molecule has 6 nitrogen and oxygen atoms in total. The van der Waals surface area contributed by atoms with Gasteiger partial charge in [-0.2, -0.15) is 0 Å². The van der Waals surface area contributed by atoms with Crippen molar-refractivity contribution in [3.05, 3.63) is 0 Å². The highest BCUT2D eigenvalue weighted by Gasteiger charge is 2.15. The molecular weight excluding hydrogens is 262 g/mol. The first kappa shape index (κ1) is 19.1. The Morgan fingerprint density at radius 1 is 1.00 bits per heavy atom. The van der Waals surface area contributed by atoms with Crippen molar-refractivity contribution in [2.24, 2.45) is 0 Å². The lowest BCUT2D eigenvalue weighted by Crippen LogP contribution is -2.33. The molecule has 0 aromatic carbocycles. The lowest BCUT2D eigenvalue weighted by Gasteiger charge is -2.19. The van der Waals surface area contributed by atoms with Crippen LogP contribution in [0, 0.1) is 0 Å². The first-order valence-electron chi connectivity index (χ1n) is 7.19. The maximum atomic E-state index is 11.3. The third-order valence-electron chi connectivity index (χ3n) is 2.24. The highest BCUT2D eigenvalue weighted by molar-refractivity contribution is 5.67. The van der Waals surface area contributed by atoms with Crippen molar-refractivity contribution in [1.82, 2.24) is 5.32 Å². The second kappa shape index (κ2) is 11.9. The highest BCUT2D eigenvalue weighted by Crippen LogP contribution is 2.06. The third kappa shape index (κ3) is 15.2. The number of aliphatic hydroxyl groups is 1. The van der Waals surface area contributed by atoms with E-state index in [2.05, 4.69) is 5.32 Å². The summed E-state index contributed by atoms with van der Waals surface area (Å²) in [4.78, 5) is 11.3. The second-order valence-electron chi connectivity index (χ2n) is 5.44. The smallest absolute Gasteiger partial charge is 0.407 e. The normalized spacial score (nSPS) is 11.4. The van der Waals surface area contributed by atoms with E-state index in [1.165, 1.54) is 0 Å². The van der Waals surface area contributed by atoms with Gasteiger partial charge in [0.1, 0.15) is 5.60 Å². The lowest BCUT2D eigenvalue weighted by atomic mass is 10.2. The lowest BCUT2D eigenvalue weighted by molar-refractivity contribution is 0.0320. The Morgan fingerprint density at radius 2 is 1.65 bits per heavy atom. The molecule has 0 aromatic heterocycles. The molecule has 0 heterocycles. The zero-order valence-corrected chi connectivity index (χ0v) is 12.9. The van der Waals surface area contributed by atoms with Crippen molar-refractivity contribution in [3.8, 4) is 0 Å². The van der Waals surface area contributed by atoms with E-state index >= 15 is 0 Å². The summed E-state index contributed by atoms with van der Waals surface area (Å²) in [6.07, 6.45) is 2.49. The van der Waals surface area contributed by atoms with Gasteiger partial charge in [-0.05, 0) is 40.0 Å². The minimum atomic E-state index is -0.448. The molecule has 0 fully saturated rings. The number of alkyl carbamates (subject to hydrolysis) is 1. The van der Waals surface area contributed by atoms with Crippen molar-refractivity contribution in [3.63, 3.8) is 0 Å². The molecule has 0 aliphatic rings. The summed E-state index contributed by atoms with van der Waals surface area (Å²) in [7, 11) is 0. The molecule has 0 spiro atoms. The van der Waals surface area contributed by atoms with Crippen LogP contribution in [0.3, 0.4) is 0 Å². The molecule has 1 amide bonds. The molecule has 0 aliphatic heterocycles. The Kier molecular flexibility index (Phi) is 11.4. The fraction of sp³-hybridized carbons (Fsp3) is 0.929. The SMILES string of the molecule is CC(C)(C)OC(=O)NCCCCCOCCOCCO. The van der Waals surface area contributed by atoms with E-state index in [-0.39, 0.29) is 12.7 Å². The summed E-state index contributed by atoms with van der Waals surface area (Å²) in [5.74, 6) is 0. The molecule has 0 bridgehead atoms. The molecule has 0 aliphatic carbocycles. The monoisotopic (exact) mass is 291 g/mol. The van der Waals surface area contributed by atoms with Gasteiger partial charge in [0.05, 0.1) is 26.4 Å². The molecule has 0 radical (unpaired) electrons. The van der Waals surface area contributed by atoms with Crippen LogP contribution in [0.2, 0.25) is 0 Å². The minimum absolute atomic E-state index is 0.0463. The molecule has 0 aromatic rings. The van der Waals surface area contributed by atoms with E-state index < -0.39 is 5.60 Å². The number of hydrogen-bond acceptors (Lipinski definition) is 5.